The number of carbonyl (C=O) groups is 1. The Labute approximate surface area is 191 Å². The number of nitrogens with one attached hydrogen (secondary N) is 1. The van der Waals surface area contributed by atoms with E-state index in [4.69, 9.17) is 4.74 Å². The van der Waals surface area contributed by atoms with Crippen LogP contribution in [0, 0.1) is 5.92 Å². The molecule has 32 heavy (non-hydrogen) atoms. The molecule has 1 aromatic carbocycles. The fourth-order valence-corrected chi connectivity index (χ4v) is 6.59. The summed E-state index contributed by atoms with van der Waals surface area (Å²) in [5.74, 6) is 0.808. The fourth-order valence-electron chi connectivity index (χ4n) is 3.92. The minimum Gasteiger partial charge on any atom is -0.497 e. The van der Waals surface area contributed by atoms with Gasteiger partial charge >= 0.3 is 0 Å². The lowest BCUT2D eigenvalue weighted by molar-refractivity contribution is -0.126. The Morgan fingerprint density at radius 1 is 1.28 bits per heavy atom. The van der Waals surface area contributed by atoms with E-state index in [0.29, 0.717) is 29.4 Å². The molecule has 0 saturated carbocycles. The number of thiophene rings is 1. The van der Waals surface area contributed by atoms with Gasteiger partial charge in [-0.15, -0.1) is 11.3 Å². The van der Waals surface area contributed by atoms with Gasteiger partial charge in [-0.25, -0.2) is 13.4 Å². The molecule has 1 aliphatic rings. The molecule has 0 unspecified atom stereocenters. The minimum atomic E-state index is -3.58. The smallest absolute Gasteiger partial charge is 0.252 e. The van der Waals surface area contributed by atoms with E-state index in [9.17, 15) is 13.2 Å². The maximum absolute atomic E-state index is 13.3. The van der Waals surface area contributed by atoms with Crippen LogP contribution < -0.4 is 10.1 Å². The van der Waals surface area contributed by atoms with Crippen molar-refractivity contribution >= 4 is 27.3 Å². The summed E-state index contributed by atoms with van der Waals surface area (Å²) in [6, 6.07) is 10.3. The number of sulfonamides is 1. The molecule has 1 aliphatic heterocycles. The van der Waals surface area contributed by atoms with Crippen molar-refractivity contribution in [1.82, 2.24) is 19.2 Å². The van der Waals surface area contributed by atoms with Gasteiger partial charge in [-0.2, -0.15) is 4.31 Å². The zero-order valence-corrected chi connectivity index (χ0v) is 19.6. The monoisotopic (exact) mass is 474 g/mol. The number of piperidine rings is 1. The number of hydrogen-bond acceptors (Lipinski definition) is 6. The molecule has 4 rings (SSSR count). The minimum absolute atomic E-state index is 0.169. The number of ether oxygens (including phenoxy) is 1. The summed E-state index contributed by atoms with van der Waals surface area (Å²) in [5.41, 5.74) is 0.868. The molecule has 0 radical (unpaired) electrons. The molecule has 1 saturated heterocycles. The molecule has 3 heterocycles. The number of aromatic nitrogens is 2. The van der Waals surface area contributed by atoms with Crippen LogP contribution in [0.1, 0.15) is 30.3 Å². The lowest BCUT2D eigenvalue weighted by Crippen LogP contribution is -2.46. The number of hydrogen-bond donors (Lipinski definition) is 1. The largest absolute Gasteiger partial charge is 0.497 e. The standard InChI is InChI=1S/C22H26N4O4S2/c1-25-13-11-23-21(25)20(16-7-9-18(30-2)10-8-16)24-22(27)17-5-3-12-26(15-17)32(28,29)19-6-4-14-31-19/h4,6-11,13-14,17,20H,3,5,12,15H2,1-2H3,(H,24,27)/t17-,20+/m1/s1. The number of carbonyl (C=O) groups excluding carboxylic acids is 1. The molecule has 2 aromatic heterocycles. The summed E-state index contributed by atoms with van der Waals surface area (Å²) in [4.78, 5) is 17.7. The molecular formula is C22H26N4O4S2. The number of aryl methyl sites for hydroxylation is 1. The van der Waals surface area contributed by atoms with Gasteiger partial charge in [0.25, 0.3) is 10.0 Å². The highest BCUT2D eigenvalue weighted by Crippen LogP contribution is 2.28. The van der Waals surface area contributed by atoms with Crippen molar-refractivity contribution in [2.45, 2.75) is 23.1 Å². The van der Waals surface area contributed by atoms with Gasteiger partial charge in [0.15, 0.2) is 0 Å². The van der Waals surface area contributed by atoms with E-state index >= 15 is 0 Å². The van der Waals surface area contributed by atoms with Gasteiger partial charge in [0.05, 0.1) is 13.0 Å². The fraction of sp³-hybridized carbons (Fsp3) is 0.364. The third kappa shape index (κ3) is 4.57. The number of rotatable bonds is 7. The maximum atomic E-state index is 13.3. The van der Waals surface area contributed by atoms with Crippen LogP contribution in [0.2, 0.25) is 0 Å². The number of benzene rings is 1. The van der Waals surface area contributed by atoms with Crippen molar-refractivity contribution in [1.29, 1.82) is 0 Å². The second kappa shape index (κ2) is 9.43. The van der Waals surface area contributed by atoms with Crippen molar-refractivity contribution in [3.63, 3.8) is 0 Å². The molecule has 3 aromatic rings. The lowest BCUT2D eigenvalue weighted by atomic mass is 9.97. The van der Waals surface area contributed by atoms with Gasteiger partial charge in [0.1, 0.15) is 21.8 Å². The topological polar surface area (TPSA) is 93.5 Å². The number of imidazole rings is 1. The molecule has 170 valence electrons. The molecule has 1 amide bonds. The van der Waals surface area contributed by atoms with E-state index < -0.39 is 22.0 Å². The highest BCUT2D eigenvalue weighted by molar-refractivity contribution is 7.91. The van der Waals surface area contributed by atoms with E-state index in [2.05, 4.69) is 10.3 Å². The molecular weight excluding hydrogens is 448 g/mol. The first-order valence-electron chi connectivity index (χ1n) is 10.4. The van der Waals surface area contributed by atoms with Gasteiger partial charge in [-0.05, 0) is 42.0 Å². The van der Waals surface area contributed by atoms with E-state index in [1.54, 1.807) is 30.8 Å². The molecule has 1 N–H and O–H groups in total. The normalized spacial score (nSPS) is 18.2. The molecule has 0 aliphatic carbocycles. The first kappa shape index (κ1) is 22.5. The van der Waals surface area contributed by atoms with E-state index in [0.717, 1.165) is 11.3 Å². The molecule has 1 fully saturated rings. The Kier molecular flexibility index (Phi) is 6.63. The Morgan fingerprint density at radius 2 is 2.06 bits per heavy atom. The Balaban J connectivity index is 1.54. The van der Waals surface area contributed by atoms with Crippen LogP contribution >= 0.6 is 11.3 Å². The second-order valence-electron chi connectivity index (χ2n) is 7.75. The van der Waals surface area contributed by atoms with Crippen molar-refractivity contribution in [3.8, 4) is 5.75 Å². The lowest BCUT2D eigenvalue weighted by Gasteiger charge is -2.32. The van der Waals surface area contributed by atoms with Crippen LogP contribution in [-0.2, 0) is 21.9 Å². The maximum Gasteiger partial charge on any atom is 0.252 e. The average molecular weight is 475 g/mol. The van der Waals surface area contributed by atoms with Gasteiger partial charge < -0.3 is 14.6 Å². The number of methoxy groups -OCH3 is 1. The van der Waals surface area contributed by atoms with Crippen LogP contribution in [0.4, 0.5) is 0 Å². The molecule has 0 bridgehead atoms. The highest BCUT2D eigenvalue weighted by Gasteiger charge is 2.35. The van der Waals surface area contributed by atoms with Crippen LogP contribution in [0.5, 0.6) is 5.75 Å². The third-order valence-corrected chi connectivity index (χ3v) is 8.93. The SMILES string of the molecule is COc1ccc([C@H](NC(=O)[C@@H]2CCCN(S(=O)(=O)c3cccs3)C2)c2nccn2C)cc1. The average Bonchev–Trinajstić information content (AvgIpc) is 3.50. The predicted molar refractivity (Wildman–Crippen MR) is 122 cm³/mol. The van der Waals surface area contributed by atoms with Crippen LogP contribution in [0.25, 0.3) is 0 Å². The zero-order valence-electron chi connectivity index (χ0n) is 18.0. The molecule has 8 nitrogen and oxygen atoms in total. The van der Waals surface area contributed by atoms with Gasteiger partial charge in [0, 0.05) is 32.5 Å². The summed E-state index contributed by atoms with van der Waals surface area (Å²) in [6.45, 7) is 0.591. The van der Waals surface area contributed by atoms with Crippen molar-refractivity contribution in [2.24, 2.45) is 13.0 Å². The van der Waals surface area contributed by atoms with Gasteiger partial charge in [-0.3, -0.25) is 4.79 Å². The summed E-state index contributed by atoms with van der Waals surface area (Å²) in [5, 5.41) is 4.85. The van der Waals surface area contributed by atoms with Crippen molar-refractivity contribution in [2.75, 3.05) is 20.2 Å². The summed E-state index contributed by atoms with van der Waals surface area (Å²) < 4.78 is 34.7. The van der Waals surface area contributed by atoms with Crippen LogP contribution in [-0.4, -0.2) is 48.4 Å². The van der Waals surface area contributed by atoms with Gasteiger partial charge in [-0.1, -0.05) is 18.2 Å². The number of nitrogens with zero attached hydrogens (tertiary/aromatic N) is 3. The van der Waals surface area contributed by atoms with Crippen LogP contribution in [0.15, 0.2) is 58.4 Å². The zero-order chi connectivity index (χ0) is 22.7. The van der Waals surface area contributed by atoms with Gasteiger partial charge in [0.2, 0.25) is 5.91 Å². The quantitative estimate of drug-likeness (QED) is 0.568. The Bertz CT molecular complexity index is 1160. The summed E-state index contributed by atoms with van der Waals surface area (Å²) >= 11 is 1.19. The number of amides is 1. The Morgan fingerprint density at radius 3 is 2.69 bits per heavy atom. The summed E-state index contributed by atoms with van der Waals surface area (Å²) in [7, 11) is -0.103. The molecule has 2 atom stereocenters. The molecule has 10 heteroatoms. The third-order valence-electron chi connectivity index (χ3n) is 5.70. The van der Waals surface area contributed by atoms with Crippen LogP contribution in [0.3, 0.4) is 0 Å². The molecule has 0 spiro atoms. The van der Waals surface area contributed by atoms with Crippen molar-refractivity contribution < 1.29 is 17.9 Å². The van der Waals surface area contributed by atoms with Crippen molar-refractivity contribution in [3.05, 3.63) is 65.6 Å². The first-order valence-corrected chi connectivity index (χ1v) is 12.7. The predicted octanol–water partition coefficient (Wildman–Crippen LogP) is 2.80. The first-order chi connectivity index (χ1) is 15.4. The van der Waals surface area contributed by atoms with E-state index in [1.165, 1.54) is 15.6 Å². The van der Waals surface area contributed by atoms with E-state index in [-0.39, 0.29) is 12.5 Å². The second-order valence-corrected chi connectivity index (χ2v) is 10.9. The van der Waals surface area contributed by atoms with E-state index in [1.807, 2.05) is 42.1 Å². The Hall–Kier alpha value is -2.69. The summed E-state index contributed by atoms with van der Waals surface area (Å²) in [6.07, 6.45) is 4.79. The highest BCUT2D eigenvalue weighted by atomic mass is 32.2.